The lowest BCUT2D eigenvalue weighted by Crippen LogP contribution is -2.48. The zero-order chi connectivity index (χ0) is 17.2. The van der Waals surface area contributed by atoms with Crippen molar-refractivity contribution < 1.29 is 13.2 Å². The van der Waals surface area contributed by atoms with Gasteiger partial charge in [-0.3, -0.25) is 0 Å². The van der Waals surface area contributed by atoms with Gasteiger partial charge in [0, 0.05) is 25.2 Å². The first-order valence-electron chi connectivity index (χ1n) is 7.97. The Labute approximate surface area is 143 Å². The van der Waals surface area contributed by atoms with Gasteiger partial charge < -0.3 is 10.1 Å². The number of methoxy groups -OCH3 is 1. The van der Waals surface area contributed by atoms with Crippen LogP contribution in [0.5, 0.6) is 5.75 Å². The summed E-state index contributed by atoms with van der Waals surface area (Å²) in [7, 11) is -1.97. The van der Waals surface area contributed by atoms with Crippen LogP contribution in [0.1, 0.15) is 17.2 Å². The summed E-state index contributed by atoms with van der Waals surface area (Å²) in [6.07, 6.45) is 0. The van der Waals surface area contributed by atoms with Gasteiger partial charge in [0.05, 0.1) is 18.0 Å². The van der Waals surface area contributed by atoms with Gasteiger partial charge in [0.2, 0.25) is 10.0 Å². The Bertz CT molecular complexity index is 821. The number of piperazine rings is 1. The zero-order valence-electron chi connectivity index (χ0n) is 13.9. The molecule has 1 aliphatic heterocycles. The van der Waals surface area contributed by atoms with Crippen LogP contribution in [-0.4, -0.2) is 39.5 Å². The molecule has 1 fully saturated rings. The molecule has 24 heavy (non-hydrogen) atoms. The number of sulfonamides is 1. The van der Waals surface area contributed by atoms with Crippen LogP contribution >= 0.6 is 0 Å². The Kier molecular flexibility index (Phi) is 4.89. The molecule has 2 aromatic carbocycles. The number of nitrogens with one attached hydrogen (secondary N) is 1. The van der Waals surface area contributed by atoms with Crippen LogP contribution in [0.3, 0.4) is 0 Å². The molecule has 3 rings (SSSR count). The summed E-state index contributed by atoms with van der Waals surface area (Å²) in [6.45, 7) is 3.45. The van der Waals surface area contributed by atoms with Crippen LogP contribution in [0.25, 0.3) is 0 Å². The van der Waals surface area contributed by atoms with E-state index >= 15 is 0 Å². The Balaban J connectivity index is 2.06. The van der Waals surface area contributed by atoms with Crippen LogP contribution in [0.2, 0.25) is 0 Å². The Hall–Kier alpha value is -1.89. The predicted octanol–water partition coefficient (Wildman–Crippen LogP) is 2.34. The second kappa shape index (κ2) is 6.93. The first-order valence-corrected chi connectivity index (χ1v) is 9.41. The van der Waals surface area contributed by atoms with E-state index in [2.05, 4.69) is 5.32 Å². The maximum atomic E-state index is 13.2. The Morgan fingerprint density at radius 1 is 1.12 bits per heavy atom. The maximum absolute atomic E-state index is 13.2. The Morgan fingerprint density at radius 2 is 1.83 bits per heavy atom. The van der Waals surface area contributed by atoms with Crippen molar-refractivity contribution in [2.75, 3.05) is 26.7 Å². The van der Waals surface area contributed by atoms with E-state index < -0.39 is 10.0 Å². The molecule has 0 saturated carbocycles. The summed E-state index contributed by atoms with van der Waals surface area (Å²) < 4.78 is 33.5. The van der Waals surface area contributed by atoms with Crippen LogP contribution in [0.15, 0.2) is 53.4 Å². The third kappa shape index (κ3) is 3.05. The monoisotopic (exact) mass is 346 g/mol. The quantitative estimate of drug-likeness (QED) is 0.923. The van der Waals surface area contributed by atoms with Gasteiger partial charge in [-0.05, 0) is 24.6 Å². The number of rotatable bonds is 4. The SMILES string of the molecule is COc1ccccc1C1CNCCN1S(=O)(=O)c1ccccc1C. The van der Waals surface area contributed by atoms with Crippen LogP contribution in [0.4, 0.5) is 0 Å². The molecule has 0 bridgehead atoms. The van der Waals surface area contributed by atoms with Crippen LogP contribution in [0, 0.1) is 6.92 Å². The van der Waals surface area contributed by atoms with E-state index in [1.54, 1.807) is 23.5 Å². The second-order valence-electron chi connectivity index (χ2n) is 5.84. The highest BCUT2D eigenvalue weighted by atomic mass is 32.2. The highest BCUT2D eigenvalue weighted by Crippen LogP contribution is 2.34. The average Bonchev–Trinajstić information content (AvgIpc) is 2.62. The van der Waals surface area contributed by atoms with Crippen molar-refractivity contribution in [2.24, 2.45) is 0 Å². The summed E-state index contributed by atoms with van der Waals surface area (Å²) in [5.41, 5.74) is 1.64. The van der Waals surface area contributed by atoms with Gasteiger partial charge in [-0.2, -0.15) is 4.31 Å². The summed E-state index contributed by atoms with van der Waals surface area (Å²) in [6, 6.07) is 14.4. The van der Waals surface area contributed by atoms with E-state index in [4.69, 9.17) is 4.74 Å². The van der Waals surface area contributed by atoms with Crippen molar-refractivity contribution in [1.82, 2.24) is 9.62 Å². The fourth-order valence-electron chi connectivity index (χ4n) is 3.15. The van der Waals surface area contributed by atoms with Crippen LogP contribution in [-0.2, 0) is 10.0 Å². The second-order valence-corrected chi connectivity index (χ2v) is 7.70. The molecule has 0 aliphatic carbocycles. The minimum Gasteiger partial charge on any atom is -0.496 e. The normalized spacial score (nSPS) is 19.2. The van der Waals surface area contributed by atoms with Gasteiger partial charge in [-0.25, -0.2) is 8.42 Å². The van der Waals surface area contributed by atoms with E-state index in [9.17, 15) is 8.42 Å². The third-order valence-electron chi connectivity index (χ3n) is 4.37. The van der Waals surface area contributed by atoms with Gasteiger partial charge in [0.25, 0.3) is 0 Å². The first-order chi connectivity index (χ1) is 11.6. The van der Waals surface area contributed by atoms with E-state index in [0.29, 0.717) is 30.3 Å². The van der Waals surface area contributed by atoms with E-state index in [1.807, 2.05) is 43.3 Å². The van der Waals surface area contributed by atoms with Crippen molar-refractivity contribution in [3.05, 3.63) is 59.7 Å². The zero-order valence-corrected chi connectivity index (χ0v) is 14.7. The smallest absolute Gasteiger partial charge is 0.243 e. The minimum atomic E-state index is -3.58. The van der Waals surface area contributed by atoms with Crippen molar-refractivity contribution >= 4 is 10.0 Å². The van der Waals surface area contributed by atoms with Crippen molar-refractivity contribution in [3.63, 3.8) is 0 Å². The number of nitrogens with zero attached hydrogens (tertiary/aromatic N) is 1. The molecule has 1 N–H and O–H groups in total. The van der Waals surface area contributed by atoms with E-state index in [0.717, 1.165) is 11.1 Å². The van der Waals surface area contributed by atoms with Gasteiger partial charge in [-0.1, -0.05) is 36.4 Å². The molecule has 1 saturated heterocycles. The number of para-hydroxylation sites is 1. The standard InChI is InChI=1S/C18H22N2O3S/c1-14-7-3-6-10-18(14)24(21,22)20-12-11-19-13-16(20)15-8-4-5-9-17(15)23-2/h3-10,16,19H,11-13H2,1-2H3. The molecule has 0 radical (unpaired) electrons. The van der Waals surface area contributed by atoms with Crippen molar-refractivity contribution in [3.8, 4) is 5.75 Å². The molecule has 2 aromatic rings. The molecule has 128 valence electrons. The number of hydrogen-bond acceptors (Lipinski definition) is 4. The topological polar surface area (TPSA) is 58.6 Å². The van der Waals surface area contributed by atoms with Crippen molar-refractivity contribution in [1.29, 1.82) is 0 Å². The minimum absolute atomic E-state index is 0.292. The summed E-state index contributed by atoms with van der Waals surface area (Å²) >= 11 is 0. The summed E-state index contributed by atoms with van der Waals surface area (Å²) in [4.78, 5) is 0.367. The number of aryl methyl sites for hydroxylation is 1. The lowest BCUT2D eigenvalue weighted by atomic mass is 10.0. The molecular weight excluding hydrogens is 324 g/mol. The third-order valence-corrected chi connectivity index (χ3v) is 6.44. The molecule has 6 heteroatoms. The molecule has 0 spiro atoms. The summed E-state index contributed by atoms with van der Waals surface area (Å²) in [5.74, 6) is 0.705. The largest absolute Gasteiger partial charge is 0.496 e. The van der Waals surface area contributed by atoms with Gasteiger partial charge in [0.15, 0.2) is 0 Å². The fraction of sp³-hybridized carbons (Fsp3) is 0.333. The molecular formula is C18H22N2O3S. The van der Waals surface area contributed by atoms with E-state index in [1.165, 1.54) is 0 Å². The van der Waals surface area contributed by atoms with Crippen LogP contribution < -0.4 is 10.1 Å². The fourth-order valence-corrected chi connectivity index (χ4v) is 4.99. The van der Waals surface area contributed by atoms with Gasteiger partial charge in [-0.15, -0.1) is 0 Å². The van der Waals surface area contributed by atoms with Crippen molar-refractivity contribution in [2.45, 2.75) is 17.9 Å². The van der Waals surface area contributed by atoms with E-state index in [-0.39, 0.29) is 6.04 Å². The molecule has 1 unspecified atom stereocenters. The lowest BCUT2D eigenvalue weighted by Gasteiger charge is -2.36. The highest BCUT2D eigenvalue weighted by Gasteiger charge is 2.36. The maximum Gasteiger partial charge on any atom is 0.243 e. The highest BCUT2D eigenvalue weighted by molar-refractivity contribution is 7.89. The summed E-state index contributed by atoms with van der Waals surface area (Å²) in [5, 5.41) is 3.29. The molecule has 5 nitrogen and oxygen atoms in total. The van der Waals surface area contributed by atoms with Gasteiger partial charge in [0.1, 0.15) is 5.75 Å². The number of ether oxygens (including phenoxy) is 1. The molecule has 0 aromatic heterocycles. The van der Waals surface area contributed by atoms with Gasteiger partial charge >= 0.3 is 0 Å². The predicted molar refractivity (Wildman–Crippen MR) is 93.7 cm³/mol. The number of benzene rings is 2. The average molecular weight is 346 g/mol. The molecule has 1 atom stereocenters. The number of hydrogen-bond donors (Lipinski definition) is 1. The molecule has 1 aliphatic rings. The molecule has 0 amide bonds. The first kappa shape index (κ1) is 17.0. The lowest BCUT2D eigenvalue weighted by molar-refractivity contribution is 0.264. The molecule has 1 heterocycles. The Morgan fingerprint density at radius 3 is 2.58 bits per heavy atom.